The molecule has 0 radical (unpaired) electrons. The van der Waals surface area contributed by atoms with Gasteiger partial charge in [0, 0.05) is 52.4 Å². The largest absolute Gasteiger partial charge is 0.304 e. The van der Waals surface area contributed by atoms with Gasteiger partial charge in [0.2, 0.25) is 0 Å². The van der Waals surface area contributed by atoms with Gasteiger partial charge in [-0.15, -0.1) is 0 Å². The standard InChI is InChI=1S/C9H20N2.3C9H19N/c1-9(2)8-11-6-4-10(3)5-7-11;3*1-9(2)8-10-6-4-3-5-7-10/h9H,4-8H2,1-3H3;3*9H,3-8H2,1-2H3. The predicted octanol–water partition coefficient (Wildman–Crippen LogP) is 7.27. The number of piperidine rings is 3. The molecular formula is C36H77N5. The van der Waals surface area contributed by atoms with E-state index in [9.17, 15) is 0 Å². The van der Waals surface area contributed by atoms with Crippen LogP contribution < -0.4 is 0 Å². The van der Waals surface area contributed by atoms with E-state index in [0.717, 1.165) is 23.7 Å². The van der Waals surface area contributed by atoms with E-state index in [1.54, 1.807) is 0 Å². The van der Waals surface area contributed by atoms with Crippen molar-refractivity contribution in [1.82, 2.24) is 24.5 Å². The lowest BCUT2D eigenvalue weighted by atomic mass is 10.1. The second-order valence-electron chi connectivity index (χ2n) is 15.3. The van der Waals surface area contributed by atoms with Crippen molar-refractivity contribution in [1.29, 1.82) is 0 Å². The van der Waals surface area contributed by atoms with Crippen LogP contribution in [0.4, 0.5) is 0 Å². The van der Waals surface area contributed by atoms with Gasteiger partial charge in [-0.2, -0.15) is 0 Å². The van der Waals surface area contributed by atoms with Crippen LogP contribution in [-0.2, 0) is 0 Å². The van der Waals surface area contributed by atoms with Gasteiger partial charge in [-0.1, -0.05) is 74.7 Å². The summed E-state index contributed by atoms with van der Waals surface area (Å²) >= 11 is 0. The van der Waals surface area contributed by atoms with Crippen molar-refractivity contribution in [2.45, 2.75) is 113 Å². The number of nitrogens with zero attached hydrogens (tertiary/aromatic N) is 5. The van der Waals surface area contributed by atoms with Crippen LogP contribution in [0.3, 0.4) is 0 Å². The molecule has 4 saturated heterocycles. The highest BCUT2D eigenvalue weighted by atomic mass is 15.2. The minimum Gasteiger partial charge on any atom is -0.304 e. The molecule has 0 aromatic rings. The predicted molar refractivity (Wildman–Crippen MR) is 184 cm³/mol. The highest BCUT2D eigenvalue weighted by Gasteiger charge is 2.14. The van der Waals surface area contributed by atoms with Gasteiger partial charge in [0.1, 0.15) is 0 Å². The molecular weight excluding hydrogens is 502 g/mol. The molecule has 0 aromatic heterocycles. The van der Waals surface area contributed by atoms with Gasteiger partial charge in [-0.25, -0.2) is 0 Å². The molecule has 0 aliphatic carbocycles. The number of hydrogen-bond donors (Lipinski definition) is 0. The number of hydrogen-bond acceptors (Lipinski definition) is 5. The van der Waals surface area contributed by atoms with E-state index in [4.69, 9.17) is 0 Å². The molecule has 0 N–H and O–H groups in total. The molecule has 0 amide bonds. The number of likely N-dealkylation sites (N-methyl/N-ethyl adjacent to an activating group) is 1. The Kier molecular flexibility index (Phi) is 22.9. The molecule has 4 aliphatic heterocycles. The lowest BCUT2D eigenvalue weighted by Gasteiger charge is -2.33. The number of likely N-dealkylation sites (tertiary alicyclic amines) is 3. The maximum atomic E-state index is 2.59. The molecule has 0 aromatic carbocycles. The third kappa shape index (κ3) is 22.9. The Balaban J connectivity index is 0.000000274. The minimum absolute atomic E-state index is 0.818. The topological polar surface area (TPSA) is 16.2 Å². The van der Waals surface area contributed by atoms with Crippen LogP contribution in [0.25, 0.3) is 0 Å². The van der Waals surface area contributed by atoms with E-state index in [2.05, 4.69) is 86.9 Å². The van der Waals surface area contributed by atoms with Gasteiger partial charge in [0.25, 0.3) is 0 Å². The summed E-state index contributed by atoms with van der Waals surface area (Å²) in [6, 6.07) is 0. The third-order valence-corrected chi connectivity index (χ3v) is 8.44. The molecule has 0 atom stereocenters. The number of rotatable bonds is 8. The van der Waals surface area contributed by atoms with Gasteiger partial charge in [-0.05, 0) is 109 Å². The van der Waals surface area contributed by atoms with E-state index in [1.807, 2.05) is 0 Å². The van der Waals surface area contributed by atoms with Crippen molar-refractivity contribution >= 4 is 0 Å². The monoisotopic (exact) mass is 580 g/mol. The first-order valence-corrected chi connectivity index (χ1v) is 18.1. The summed E-state index contributed by atoms with van der Waals surface area (Å²) in [5, 5.41) is 0. The SMILES string of the molecule is CC(C)CN1CCCCC1.CC(C)CN1CCCCC1.CC(C)CN1CCCCC1.CC(C)CN1CCN(C)CC1. The van der Waals surface area contributed by atoms with Gasteiger partial charge >= 0.3 is 0 Å². The molecule has 246 valence electrons. The zero-order valence-electron chi connectivity index (χ0n) is 29.8. The first-order valence-electron chi connectivity index (χ1n) is 18.1. The molecule has 5 nitrogen and oxygen atoms in total. The van der Waals surface area contributed by atoms with Crippen LogP contribution in [0.1, 0.15) is 113 Å². The van der Waals surface area contributed by atoms with E-state index < -0.39 is 0 Å². The van der Waals surface area contributed by atoms with Crippen LogP contribution >= 0.6 is 0 Å². The van der Waals surface area contributed by atoms with Crippen molar-refractivity contribution in [2.75, 3.05) is 98.7 Å². The zero-order chi connectivity index (χ0) is 30.5. The minimum atomic E-state index is 0.818. The first-order chi connectivity index (χ1) is 19.5. The fraction of sp³-hybridized carbons (Fsp3) is 1.00. The van der Waals surface area contributed by atoms with E-state index in [-0.39, 0.29) is 0 Å². The maximum Gasteiger partial charge on any atom is 0.0110 e. The van der Waals surface area contributed by atoms with E-state index in [1.165, 1.54) is 149 Å². The lowest BCUT2D eigenvalue weighted by Crippen LogP contribution is -2.45. The molecule has 41 heavy (non-hydrogen) atoms. The summed E-state index contributed by atoms with van der Waals surface area (Å²) in [5.41, 5.74) is 0. The van der Waals surface area contributed by atoms with Crippen molar-refractivity contribution < 1.29 is 0 Å². The van der Waals surface area contributed by atoms with Crippen LogP contribution in [0, 0.1) is 23.7 Å². The molecule has 4 rings (SSSR count). The van der Waals surface area contributed by atoms with Crippen LogP contribution in [0.15, 0.2) is 0 Å². The Morgan fingerprint density at radius 3 is 0.756 bits per heavy atom. The lowest BCUT2D eigenvalue weighted by molar-refractivity contribution is 0.141. The first kappa shape index (κ1) is 38.8. The Morgan fingerprint density at radius 1 is 0.317 bits per heavy atom. The summed E-state index contributed by atoms with van der Waals surface area (Å²) in [6.07, 6.45) is 12.9. The Labute approximate surface area is 259 Å². The van der Waals surface area contributed by atoms with Crippen LogP contribution in [0.5, 0.6) is 0 Å². The normalized spacial score (nSPS) is 22.2. The molecule has 0 spiro atoms. The molecule has 4 fully saturated rings. The Bertz CT molecular complexity index is 495. The van der Waals surface area contributed by atoms with Gasteiger partial charge in [0.15, 0.2) is 0 Å². The number of piperazine rings is 1. The fourth-order valence-corrected chi connectivity index (χ4v) is 6.52. The van der Waals surface area contributed by atoms with E-state index >= 15 is 0 Å². The highest BCUT2D eigenvalue weighted by molar-refractivity contribution is 4.70. The quantitative estimate of drug-likeness (QED) is 0.300. The smallest absolute Gasteiger partial charge is 0.0110 e. The second kappa shape index (κ2) is 24.2. The Morgan fingerprint density at radius 2 is 0.537 bits per heavy atom. The molecule has 4 heterocycles. The summed E-state index contributed by atoms with van der Waals surface area (Å²) in [7, 11) is 2.20. The molecule has 0 saturated carbocycles. The van der Waals surface area contributed by atoms with Gasteiger partial charge in [-0.3, -0.25) is 0 Å². The van der Waals surface area contributed by atoms with Gasteiger partial charge < -0.3 is 24.5 Å². The summed E-state index contributed by atoms with van der Waals surface area (Å²) in [4.78, 5) is 12.7. The van der Waals surface area contributed by atoms with Crippen LogP contribution in [-0.4, -0.2) is 123 Å². The van der Waals surface area contributed by atoms with Crippen LogP contribution in [0.2, 0.25) is 0 Å². The van der Waals surface area contributed by atoms with Crippen molar-refractivity contribution in [2.24, 2.45) is 23.7 Å². The maximum absolute atomic E-state index is 2.59. The van der Waals surface area contributed by atoms with Gasteiger partial charge in [0.05, 0.1) is 0 Å². The fourth-order valence-electron chi connectivity index (χ4n) is 6.52. The second-order valence-corrected chi connectivity index (χ2v) is 15.3. The average molecular weight is 580 g/mol. The molecule has 0 bridgehead atoms. The average Bonchev–Trinajstić information content (AvgIpc) is 2.92. The van der Waals surface area contributed by atoms with Crippen molar-refractivity contribution in [3.05, 3.63) is 0 Å². The zero-order valence-corrected chi connectivity index (χ0v) is 29.8. The Hall–Kier alpha value is -0.200. The molecule has 0 unspecified atom stereocenters. The molecule has 5 heteroatoms. The summed E-state index contributed by atoms with van der Waals surface area (Å²) in [6.45, 7) is 36.6. The van der Waals surface area contributed by atoms with E-state index in [0.29, 0.717) is 0 Å². The molecule has 4 aliphatic rings. The van der Waals surface area contributed by atoms with Crippen molar-refractivity contribution in [3.8, 4) is 0 Å². The summed E-state index contributed by atoms with van der Waals surface area (Å²) in [5.74, 6) is 3.35. The summed E-state index contributed by atoms with van der Waals surface area (Å²) < 4.78 is 0. The third-order valence-electron chi connectivity index (χ3n) is 8.44. The van der Waals surface area contributed by atoms with Crippen molar-refractivity contribution in [3.63, 3.8) is 0 Å². The highest BCUT2D eigenvalue weighted by Crippen LogP contribution is 2.12.